The normalized spacial score (nSPS) is 26.5. The number of rotatable bonds is 7. The van der Waals surface area contributed by atoms with Crippen LogP contribution in [0.3, 0.4) is 0 Å². The Hall–Kier alpha value is -1.96. The number of hydrogen-bond donors (Lipinski definition) is 0. The van der Waals surface area contributed by atoms with E-state index in [1.165, 1.54) is 77.5 Å². The fourth-order valence-corrected chi connectivity index (χ4v) is 33.2. The van der Waals surface area contributed by atoms with Crippen LogP contribution in [0, 0.1) is 23.7 Å². The van der Waals surface area contributed by atoms with E-state index in [9.17, 15) is 0 Å². The van der Waals surface area contributed by atoms with Gasteiger partial charge >= 0.3 is 326 Å². The van der Waals surface area contributed by atoms with Gasteiger partial charge in [-0.25, -0.2) is 0 Å². The topological polar surface area (TPSA) is 0 Å². The average Bonchev–Trinajstić information content (AvgIpc) is 3.72. The maximum absolute atomic E-state index is 3.73. The van der Waals surface area contributed by atoms with Crippen molar-refractivity contribution in [1.82, 2.24) is 0 Å². The molecule has 0 aromatic heterocycles. The first kappa shape index (κ1) is 41.2. The summed E-state index contributed by atoms with van der Waals surface area (Å²) < 4.78 is 6.69. The molecule has 0 heterocycles. The van der Waals surface area contributed by atoms with Gasteiger partial charge in [0.2, 0.25) is 0 Å². The van der Waals surface area contributed by atoms with Crippen LogP contribution < -0.4 is 0 Å². The van der Waals surface area contributed by atoms with E-state index in [0.717, 1.165) is 24.2 Å². The zero-order valence-electron chi connectivity index (χ0n) is 34.7. The first-order valence-corrected chi connectivity index (χ1v) is 34.8. The van der Waals surface area contributed by atoms with E-state index in [4.69, 9.17) is 0 Å². The Morgan fingerprint density at radius 2 is 1.15 bits per heavy atom. The Morgan fingerprint density at radius 3 is 1.62 bits per heavy atom. The van der Waals surface area contributed by atoms with Crippen LogP contribution in [0.1, 0.15) is 127 Å². The van der Waals surface area contributed by atoms with Crippen LogP contribution in [0.15, 0.2) is 96.1 Å². The molecule has 0 N–H and O–H groups in total. The molecule has 0 radical (unpaired) electrons. The second-order valence-electron chi connectivity index (χ2n) is 20.9. The molecular weight excluding hydrogens is 803 g/mol. The van der Waals surface area contributed by atoms with E-state index in [2.05, 4.69) is 155 Å². The van der Waals surface area contributed by atoms with E-state index in [1.54, 1.807) is 27.8 Å². The number of allylic oxidation sites excluding steroid dienone is 2. The second-order valence-corrected chi connectivity index (χ2v) is 51.4. The summed E-state index contributed by atoms with van der Waals surface area (Å²) >= 11 is -3.73. The summed E-state index contributed by atoms with van der Waals surface area (Å²) in [6.07, 6.45) is 15.2. The average molecular weight is 867 g/mol. The van der Waals surface area contributed by atoms with Gasteiger partial charge in [-0.2, -0.15) is 0 Å². The van der Waals surface area contributed by atoms with Crippen molar-refractivity contribution in [2.75, 3.05) is 0 Å². The number of halogens is 2. The van der Waals surface area contributed by atoms with Gasteiger partial charge in [0.1, 0.15) is 0 Å². The molecule has 0 saturated heterocycles. The van der Waals surface area contributed by atoms with Gasteiger partial charge in [0.05, 0.1) is 0 Å². The predicted molar refractivity (Wildman–Crippen MR) is 244 cm³/mol. The maximum Gasteiger partial charge on any atom is -0.147 e. The molecule has 0 nitrogen and oxygen atoms in total. The first-order chi connectivity index (χ1) is 25.1. The molecule has 4 aromatic carbocycles. The molecule has 4 heteroatoms. The third kappa shape index (κ3) is 6.74. The number of fused-ring (bicyclic) bond motifs is 2. The maximum atomic E-state index is 2.82. The molecule has 2 unspecified atom stereocenters. The minimum absolute atomic E-state index is 0. The summed E-state index contributed by atoms with van der Waals surface area (Å²) in [5.74, 6) is 3.45. The zero-order chi connectivity index (χ0) is 37.1. The van der Waals surface area contributed by atoms with Gasteiger partial charge in [-0.1, -0.05) is 0 Å². The predicted octanol–water partition coefficient (Wildman–Crippen LogP) is 14.6. The molecule has 6 aliphatic carbocycles. The molecule has 4 bridgehead atoms. The molecule has 4 fully saturated rings. The van der Waals surface area contributed by atoms with Gasteiger partial charge in [-0.3, -0.25) is 0 Å². The van der Waals surface area contributed by atoms with Gasteiger partial charge in [-0.05, 0) is 0 Å². The molecule has 0 aliphatic heterocycles. The Kier molecular flexibility index (Phi) is 10.8. The van der Waals surface area contributed by atoms with Crippen LogP contribution in [0.5, 0.6) is 0 Å². The Balaban J connectivity index is 0.00000233. The summed E-state index contributed by atoms with van der Waals surface area (Å²) in [7, 11) is 0. The Morgan fingerprint density at radius 1 is 0.673 bits per heavy atom. The van der Waals surface area contributed by atoms with Crippen molar-refractivity contribution in [3.05, 3.63) is 129 Å². The molecule has 290 valence electrons. The molecule has 4 saturated carbocycles. The smallest absolute Gasteiger partial charge is 0.147 e. The van der Waals surface area contributed by atoms with Crippen LogP contribution >= 0.6 is 24.8 Å². The largest absolute Gasteiger partial charge is 0.147 e. The van der Waals surface area contributed by atoms with Crippen LogP contribution in [-0.4, -0.2) is 6.88 Å². The van der Waals surface area contributed by atoms with E-state index in [0.29, 0.717) is 18.6 Å². The van der Waals surface area contributed by atoms with Crippen LogP contribution in [0.2, 0.25) is 9.26 Å². The summed E-state index contributed by atoms with van der Waals surface area (Å²) in [6.45, 7) is 16.7. The minimum Gasteiger partial charge on any atom is -0.147 e. The van der Waals surface area contributed by atoms with Crippen molar-refractivity contribution < 1.29 is 17.4 Å². The van der Waals surface area contributed by atoms with Crippen LogP contribution in [-0.2, 0) is 28.2 Å². The monoisotopic (exact) mass is 864 g/mol. The molecule has 4 aromatic rings. The van der Waals surface area contributed by atoms with Crippen molar-refractivity contribution >= 4 is 43.8 Å². The summed E-state index contributed by atoms with van der Waals surface area (Å²) in [6, 6.07) is 34.1. The summed E-state index contributed by atoms with van der Waals surface area (Å²) in [4.78, 5) is 0. The second kappa shape index (κ2) is 14.4. The summed E-state index contributed by atoms with van der Waals surface area (Å²) in [5, 5.41) is 0. The molecule has 2 atom stereocenters. The minimum atomic E-state index is -3.73. The summed E-state index contributed by atoms with van der Waals surface area (Å²) in [5.41, 5.74) is 18.8. The van der Waals surface area contributed by atoms with Gasteiger partial charge in [-0.15, -0.1) is 24.8 Å². The quantitative estimate of drug-likeness (QED) is 0.162. The SMILES string of the molecule is CCC1=Cc2c(-c3ccc(C45CC6CC(CC(C6)C4)C5)cc3)cccc2[CH]1[Zr]([CH3])([CH3])(=[SiH2])[CH]1C(C(C)C)=Cc2c(-c3ccc(C(C)(C)C)cc3)cccc21.Cl.Cl. The van der Waals surface area contributed by atoms with Crippen LogP contribution in [0.4, 0.5) is 0 Å². The third-order valence-corrected chi connectivity index (χ3v) is 32.5. The van der Waals surface area contributed by atoms with Gasteiger partial charge in [0, 0.05) is 0 Å². The van der Waals surface area contributed by atoms with E-state index >= 15 is 0 Å². The van der Waals surface area contributed by atoms with Crippen molar-refractivity contribution in [3.63, 3.8) is 0 Å². The molecule has 10 rings (SSSR count). The van der Waals surface area contributed by atoms with Gasteiger partial charge in [0.25, 0.3) is 0 Å². The molecule has 0 amide bonds. The van der Waals surface area contributed by atoms with Crippen LogP contribution in [0.25, 0.3) is 34.4 Å². The van der Waals surface area contributed by atoms with Crippen molar-refractivity contribution in [1.29, 1.82) is 0 Å². The Labute approximate surface area is 347 Å². The number of benzene rings is 4. The molecule has 6 aliphatic rings. The van der Waals surface area contributed by atoms with Crippen molar-refractivity contribution in [3.8, 4) is 22.3 Å². The van der Waals surface area contributed by atoms with E-state index < -0.39 is 17.4 Å². The molecular formula is C51H64Cl2SiZr. The van der Waals surface area contributed by atoms with Crippen molar-refractivity contribution in [2.45, 2.75) is 114 Å². The van der Waals surface area contributed by atoms with Crippen molar-refractivity contribution in [2.24, 2.45) is 23.7 Å². The Bertz CT molecular complexity index is 2210. The first-order valence-electron chi connectivity index (χ1n) is 21.1. The van der Waals surface area contributed by atoms with E-state index in [1.807, 2.05) is 0 Å². The molecule has 55 heavy (non-hydrogen) atoms. The van der Waals surface area contributed by atoms with E-state index in [-0.39, 0.29) is 30.2 Å². The molecule has 0 spiro atoms. The van der Waals surface area contributed by atoms with Gasteiger partial charge in [0.15, 0.2) is 0 Å². The zero-order valence-corrected chi connectivity index (χ0v) is 40.2. The number of hydrogen-bond acceptors (Lipinski definition) is 0. The van der Waals surface area contributed by atoms with Gasteiger partial charge < -0.3 is 0 Å². The third-order valence-electron chi connectivity index (χ3n) is 15.1. The standard InChI is InChI=1S/C27H29.C22H25.2CH3.2ClH.H2Si.Zr/c1-2-18-13-23-4-3-5-25(26(23)14-18)22-6-8-24(9-7-22)27-15-19-10-20(16-27)12-21(11-19)17-27;1-15(2)18-13-17-7-6-8-20(21(17)14-18)16-9-11-19(12-10-16)22(3,4)5;;;;;;/h3-9,13-14,19-21H,2,10-12,15-17H2,1H3;6-15H,1-5H3;2*1H3;2*1H;1H2;. The fraction of sp³-hybridized carbons (Fsp3) is 0.451. The fourth-order valence-electron chi connectivity index (χ4n) is 13.2.